The molecule has 0 aliphatic carbocycles. The van der Waals surface area contributed by atoms with Crippen LogP contribution in [-0.4, -0.2) is 0 Å². The molecule has 0 heterocycles. The fourth-order valence-corrected chi connectivity index (χ4v) is 5.57. The molecule has 0 saturated carbocycles. The van der Waals surface area contributed by atoms with E-state index in [0.717, 1.165) is 49.0 Å². The zero-order chi connectivity index (χ0) is 30.5. The van der Waals surface area contributed by atoms with Gasteiger partial charge in [-0.2, -0.15) is 0 Å². The molecule has 214 valence electrons. The van der Waals surface area contributed by atoms with Gasteiger partial charge in [0.05, 0.1) is 0 Å². The molecule has 0 spiro atoms. The van der Waals surface area contributed by atoms with Gasteiger partial charge in [-0.3, -0.25) is 0 Å². The molecule has 0 unspecified atom stereocenters. The number of hydrogen-bond acceptors (Lipinski definition) is 0. The van der Waals surface area contributed by atoms with Crippen molar-refractivity contribution in [3.63, 3.8) is 0 Å². The lowest BCUT2D eigenvalue weighted by atomic mass is 9.92. The summed E-state index contributed by atoms with van der Waals surface area (Å²) in [6, 6.07) is 51.0. The van der Waals surface area contributed by atoms with Crippen LogP contribution in [0.25, 0.3) is 33.4 Å². The predicted molar refractivity (Wildman–Crippen MR) is 190 cm³/mol. The molecule has 0 N–H and O–H groups in total. The van der Waals surface area contributed by atoms with E-state index >= 15 is 0 Å². The van der Waals surface area contributed by atoms with Crippen molar-refractivity contribution in [2.75, 3.05) is 0 Å². The summed E-state index contributed by atoms with van der Waals surface area (Å²) in [5.41, 5.74) is 14.1. The predicted octanol–water partition coefficient (Wildman–Crippen LogP) is 12.5. The lowest BCUT2D eigenvalue weighted by molar-refractivity contribution is 1.42. The number of aryl methyl sites for hydroxylation is 2. The molecule has 0 aliphatic rings. The fraction of sp³-hybridized carbons (Fsp3) is 0.0476. The second-order valence-electron chi connectivity index (χ2n) is 11.1. The molecule has 0 atom stereocenters. The van der Waals surface area contributed by atoms with E-state index in [0.29, 0.717) is 0 Å². The fourth-order valence-electron chi connectivity index (χ4n) is 5.32. The van der Waals surface area contributed by atoms with Crippen molar-refractivity contribution in [3.05, 3.63) is 201 Å². The molecule has 0 bridgehead atoms. The van der Waals surface area contributed by atoms with Crippen LogP contribution in [-0.2, 0) is 0 Å². The Balaban J connectivity index is 1.45. The summed E-state index contributed by atoms with van der Waals surface area (Å²) in [6.07, 6.45) is 4.51. The topological polar surface area (TPSA) is 0 Å². The molecule has 0 fully saturated rings. The summed E-state index contributed by atoms with van der Waals surface area (Å²) in [5, 5.41) is 1.48. The summed E-state index contributed by atoms with van der Waals surface area (Å²) in [5.74, 6) is 0. The molecule has 0 radical (unpaired) electrons. The van der Waals surface area contributed by atoms with Crippen LogP contribution in [0.4, 0.5) is 0 Å². The van der Waals surface area contributed by atoms with Crippen LogP contribution in [0.2, 0.25) is 10.0 Å². The molecule has 0 nitrogen and oxygen atoms in total. The van der Waals surface area contributed by atoms with Crippen molar-refractivity contribution in [1.29, 1.82) is 0 Å². The third-order valence-electron chi connectivity index (χ3n) is 7.89. The normalized spacial score (nSPS) is 10.7. The molecule has 44 heavy (non-hydrogen) atoms. The van der Waals surface area contributed by atoms with E-state index in [1.807, 2.05) is 24.3 Å². The standard InChI is InChI=1S/C42H32Cl2/c1-29-3-7-35(8-4-29)41(36-9-5-30(2)6-10-36)27-28-42(37-15-11-31(12-16-37)33-19-23-39(43)24-20-33)38-17-13-32(14-18-38)34-21-25-40(44)26-22-34/h3-28H,1-2H3. The maximum Gasteiger partial charge on any atom is 0.0406 e. The number of hydrogen-bond donors (Lipinski definition) is 0. The Morgan fingerprint density at radius 3 is 0.841 bits per heavy atom. The zero-order valence-electron chi connectivity index (χ0n) is 24.8. The molecular formula is C42H32Cl2. The van der Waals surface area contributed by atoms with Gasteiger partial charge in [0.15, 0.2) is 0 Å². The highest BCUT2D eigenvalue weighted by Crippen LogP contribution is 2.32. The highest BCUT2D eigenvalue weighted by molar-refractivity contribution is 6.30. The van der Waals surface area contributed by atoms with Crippen molar-refractivity contribution >= 4 is 34.3 Å². The second kappa shape index (κ2) is 13.3. The Morgan fingerprint density at radius 1 is 0.341 bits per heavy atom. The van der Waals surface area contributed by atoms with E-state index in [1.165, 1.54) is 27.8 Å². The average molecular weight is 608 g/mol. The maximum atomic E-state index is 6.14. The van der Waals surface area contributed by atoms with Crippen molar-refractivity contribution in [3.8, 4) is 22.3 Å². The third-order valence-corrected chi connectivity index (χ3v) is 8.39. The molecule has 0 aliphatic heterocycles. The minimum absolute atomic E-state index is 0.738. The number of halogens is 2. The second-order valence-corrected chi connectivity index (χ2v) is 11.9. The quantitative estimate of drug-likeness (QED) is 0.158. The van der Waals surface area contributed by atoms with Gasteiger partial charge < -0.3 is 0 Å². The van der Waals surface area contributed by atoms with Gasteiger partial charge in [-0.25, -0.2) is 0 Å². The lowest BCUT2D eigenvalue weighted by Crippen LogP contribution is -1.91. The zero-order valence-corrected chi connectivity index (χ0v) is 26.3. The van der Waals surface area contributed by atoms with E-state index < -0.39 is 0 Å². The van der Waals surface area contributed by atoms with E-state index in [1.54, 1.807) is 0 Å². The first-order chi connectivity index (χ1) is 21.4. The van der Waals surface area contributed by atoms with Gasteiger partial charge in [-0.05, 0) is 93.8 Å². The van der Waals surface area contributed by atoms with Gasteiger partial charge in [0.2, 0.25) is 0 Å². The Labute approximate surface area is 270 Å². The third kappa shape index (κ3) is 6.95. The van der Waals surface area contributed by atoms with Gasteiger partial charge in [0.25, 0.3) is 0 Å². The Kier molecular flexibility index (Phi) is 8.94. The van der Waals surface area contributed by atoms with Crippen LogP contribution < -0.4 is 0 Å². The minimum Gasteiger partial charge on any atom is -0.0843 e. The van der Waals surface area contributed by atoms with Crippen LogP contribution in [0, 0.1) is 13.8 Å². The van der Waals surface area contributed by atoms with Crippen LogP contribution in [0.5, 0.6) is 0 Å². The van der Waals surface area contributed by atoms with E-state index in [2.05, 4.69) is 147 Å². The number of rotatable bonds is 7. The lowest BCUT2D eigenvalue weighted by Gasteiger charge is -2.13. The first-order valence-corrected chi connectivity index (χ1v) is 15.5. The van der Waals surface area contributed by atoms with Crippen LogP contribution in [0.3, 0.4) is 0 Å². The molecule has 6 rings (SSSR count). The Hall–Kier alpha value is -4.62. The van der Waals surface area contributed by atoms with Crippen LogP contribution >= 0.6 is 23.2 Å². The van der Waals surface area contributed by atoms with Crippen molar-refractivity contribution in [2.45, 2.75) is 13.8 Å². The summed E-state index contributed by atoms with van der Waals surface area (Å²) in [6.45, 7) is 4.25. The first-order valence-electron chi connectivity index (χ1n) is 14.7. The van der Waals surface area contributed by atoms with Crippen molar-refractivity contribution in [2.24, 2.45) is 0 Å². The van der Waals surface area contributed by atoms with Gasteiger partial charge in [0, 0.05) is 10.0 Å². The SMILES string of the molecule is Cc1ccc(C(=CC=C(c2ccc(-c3ccc(Cl)cc3)cc2)c2ccc(-c3ccc(Cl)cc3)cc2)c2ccc(C)cc2)cc1. The minimum atomic E-state index is 0.738. The van der Waals surface area contributed by atoms with E-state index in [9.17, 15) is 0 Å². The number of allylic oxidation sites excluding steroid dienone is 2. The summed E-state index contributed by atoms with van der Waals surface area (Å²) >= 11 is 12.3. The van der Waals surface area contributed by atoms with E-state index in [-0.39, 0.29) is 0 Å². The van der Waals surface area contributed by atoms with Crippen LogP contribution in [0.15, 0.2) is 158 Å². The monoisotopic (exact) mass is 606 g/mol. The molecule has 0 saturated heterocycles. The Bertz CT molecular complexity index is 1770. The number of benzene rings is 6. The summed E-state index contributed by atoms with van der Waals surface area (Å²) < 4.78 is 0. The van der Waals surface area contributed by atoms with Gasteiger partial charge >= 0.3 is 0 Å². The van der Waals surface area contributed by atoms with Gasteiger partial charge in [0.1, 0.15) is 0 Å². The van der Waals surface area contributed by atoms with Crippen molar-refractivity contribution < 1.29 is 0 Å². The molecular weight excluding hydrogens is 575 g/mol. The average Bonchev–Trinajstić information content (AvgIpc) is 3.05. The smallest absolute Gasteiger partial charge is 0.0406 e. The van der Waals surface area contributed by atoms with Gasteiger partial charge in [-0.15, -0.1) is 0 Å². The highest BCUT2D eigenvalue weighted by atomic mass is 35.5. The van der Waals surface area contributed by atoms with Crippen molar-refractivity contribution in [1.82, 2.24) is 0 Å². The van der Waals surface area contributed by atoms with E-state index in [4.69, 9.17) is 23.2 Å². The highest BCUT2D eigenvalue weighted by Gasteiger charge is 2.10. The summed E-state index contributed by atoms with van der Waals surface area (Å²) in [7, 11) is 0. The summed E-state index contributed by atoms with van der Waals surface area (Å²) in [4.78, 5) is 0. The first kappa shape index (κ1) is 29.5. The molecule has 0 aromatic heterocycles. The molecule has 0 amide bonds. The molecule has 6 aromatic rings. The molecule has 2 heteroatoms. The van der Waals surface area contributed by atoms with Gasteiger partial charge in [-0.1, -0.05) is 168 Å². The largest absolute Gasteiger partial charge is 0.0843 e. The maximum absolute atomic E-state index is 6.14. The van der Waals surface area contributed by atoms with Crippen LogP contribution in [0.1, 0.15) is 33.4 Å². The molecule has 6 aromatic carbocycles. The Morgan fingerprint density at radius 2 is 0.568 bits per heavy atom.